The Hall–Kier alpha value is -3.24. The highest BCUT2D eigenvalue weighted by Crippen LogP contribution is 2.25. The maximum Gasteiger partial charge on any atom is 0.337 e. The number of piperazine rings is 1. The number of halogens is 1. The van der Waals surface area contributed by atoms with Gasteiger partial charge in [0.2, 0.25) is 0 Å². The number of nitriles is 1. The molecule has 28 heavy (non-hydrogen) atoms. The predicted octanol–water partition coefficient (Wildman–Crippen LogP) is 3.35. The minimum absolute atomic E-state index is 0.294. The first-order valence-electron chi connectivity index (χ1n) is 8.71. The fraction of sp³-hybridized carbons (Fsp3) is 0.250. The number of ether oxygens (including phenoxy) is 1. The summed E-state index contributed by atoms with van der Waals surface area (Å²) in [5.41, 5.74) is 2.15. The number of nitrogens with one attached hydrogen (secondary N) is 1. The SMILES string of the molecule is COC(=O)c1ccc(Cl)c(NC(=O)N2CCN(c3ccccc3C#N)CC2)c1. The molecular formula is C20H19ClN4O3. The van der Waals surface area contributed by atoms with E-state index in [-0.39, 0.29) is 6.03 Å². The van der Waals surface area contributed by atoms with Crippen molar-refractivity contribution in [1.82, 2.24) is 4.90 Å². The first-order chi connectivity index (χ1) is 13.5. The third-order valence-electron chi connectivity index (χ3n) is 4.56. The maximum atomic E-state index is 12.6. The van der Waals surface area contributed by atoms with Crippen molar-refractivity contribution in [3.8, 4) is 6.07 Å². The Bertz CT molecular complexity index is 933. The van der Waals surface area contributed by atoms with Gasteiger partial charge in [-0.05, 0) is 30.3 Å². The van der Waals surface area contributed by atoms with Crippen LogP contribution in [-0.2, 0) is 4.74 Å². The third kappa shape index (κ3) is 4.18. The van der Waals surface area contributed by atoms with E-state index >= 15 is 0 Å². The van der Waals surface area contributed by atoms with Gasteiger partial charge < -0.3 is 19.9 Å². The number of amides is 2. The zero-order valence-electron chi connectivity index (χ0n) is 15.3. The molecule has 0 radical (unpaired) electrons. The summed E-state index contributed by atoms with van der Waals surface area (Å²) in [5, 5.41) is 12.4. The molecule has 0 aliphatic carbocycles. The van der Waals surface area contributed by atoms with Crippen LogP contribution in [0.15, 0.2) is 42.5 Å². The van der Waals surface area contributed by atoms with Gasteiger partial charge in [-0.15, -0.1) is 0 Å². The first kappa shape index (κ1) is 19.5. The second-order valence-corrected chi connectivity index (χ2v) is 6.63. The van der Waals surface area contributed by atoms with Crippen molar-refractivity contribution in [2.45, 2.75) is 0 Å². The molecule has 7 nitrogen and oxygen atoms in total. The zero-order chi connectivity index (χ0) is 20.1. The van der Waals surface area contributed by atoms with E-state index in [1.807, 2.05) is 18.2 Å². The molecule has 3 rings (SSSR count). The average molecular weight is 399 g/mol. The van der Waals surface area contributed by atoms with E-state index < -0.39 is 5.97 Å². The normalized spacial score (nSPS) is 13.6. The number of hydrogen-bond acceptors (Lipinski definition) is 5. The Morgan fingerprint density at radius 3 is 2.54 bits per heavy atom. The summed E-state index contributed by atoms with van der Waals surface area (Å²) in [6.45, 7) is 2.23. The molecule has 2 amide bonds. The number of esters is 1. The van der Waals surface area contributed by atoms with Gasteiger partial charge >= 0.3 is 12.0 Å². The lowest BCUT2D eigenvalue weighted by Gasteiger charge is -2.36. The quantitative estimate of drug-likeness (QED) is 0.801. The van der Waals surface area contributed by atoms with Gasteiger partial charge in [-0.25, -0.2) is 9.59 Å². The number of urea groups is 1. The number of benzene rings is 2. The van der Waals surface area contributed by atoms with Gasteiger partial charge in [0.25, 0.3) is 0 Å². The van der Waals surface area contributed by atoms with E-state index in [4.69, 9.17) is 16.3 Å². The lowest BCUT2D eigenvalue weighted by Crippen LogP contribution is -2.50. The summed E-state index contributed by atoms with van der Waals surface area (Å²) in [5.74, 6) is -0.503. The van der Waals surface area contributed by atoms with Gasteiger partial charge in [-0.1, -0.05) is 23.7 Å². The van der Waals surface area contributed by atoms with E-state index in [1.165, 1.54) is 19.2 Å². The Kier molecular flexibility index (Phi) is 6.02. The van der Waals surface area contributed by atoms with E-state index in [2.05, 4.69) is 16.3 Å². The van der Waals surface area contributed by atoms with Crippen molar-refractivity contribution in [3.63, 3.8) is 0 Å². The monoisotopic (exact) mass is 398 g/mol. The standard InChI is InChI=1S/C20H19ClN4O3/c1-28-19(26)14-6-7-16(21)17(12-14)23-20(27)25-10-8-24(9-11-25)18-5-3-2-4-15(18)13-22/h2-7,12H,8-11H2,1H3,(H,23,27). The van der Waals surface area contributed by atoms with Gasteiger partial charge in [-0.2, -0.15) is 5.26 Å². The molecule has 144 valence electrons. The molecule has 0 atom stereocenters. The molecule has 0 spiro atoms. The topological polar surface area (TPSA) is 85.7 Å². The van der Waals surface area contributed by atoms with Crippen molar-refractivity contribution in [2.75, 3.05) is 43.5 Å². The van der Waals surface area contributed by atoms with E-state index in [1.54, 1.807) is 17.0 Å². The van der Waals surface area contributed by atoms with Gasteiger partial charge in [-0.3, -0.25) is 0 Å². The molecule has 0 bridgehead atoms. The molecule has 1 fully saturated rings. The van der Waals surface area contributed by atoms with E-state index in [0.29, 0.717) is 48.0 Å². The summed E-state index contributed by atoms with van der Waals surface area (Å²) in [6, 6.07) is 13.9. The number of methoxy groups -OCH3 is 1. The number of nitrogens with zero attached hydrogens (tertiary/aromatic N) is 3. The van der Waals surface area contributed by atoms with Crippen LogP contribution in [-0.4, -0.2) is 50.2 Å². The second-order valence-electron chi connectivity index (χ2n) is 6.22. The number of carbonyl (C=O) groups is 2. The van der Waals surface area contributed by atoms with Crippen LogP contribution in [0.5, 0.6) is 0 Å². The highest BCUT2D eigenvalue weighted by atomic mass is 35.5. The molecule has 1 heterocycles. The summed E-state index contributed by atoms with van der Waals surface area (Å²) >= 11 is 6.14. The highest BCUT2D eigenvalue weighted by Gasteiger charge is 2.23. The minimum atomic E-state index is -0.503. The summed E-state index contributed by atoms with van der Waals surface area (Å²) in [6.07, 6.45) is 0. The van der Waals surface area contributed by atoms with Crippen LogP contribution >= 0.6 is 11.6 Å². The van der Waals surface area contributed by atoms with E-state index in [0.717, 1.165) is 5.69 Å². The molecule has 1 aliphatic rings. The molecule has 8 heteroatoms. The fourth-order valence-corrected chi connectivity index (χ4v) is 3.22. The molecule has 2 aromatic rings. The van der Waals surface area contributed by atoms with Crippen molar-refractivity contribution < 1.29 is 14.3 Å². The van der Waals surface area contributed by atoms with Crippen molar-refractivity contribution in [1.29, 1.82) is 5.26 Å². The Morgan fingerprint density at radius 2 is 1.86 bits per heavy atom. The smallest absolute Gasteiger partial charge is 0.337 e. The lowest BCUT2D eigenvalue weighted by molar-refractivity contribution is 0.0600. The molecule has 1 N–H and O–H groups in total. The van der Waals surface area contributed by atoms with Gasteiger partial charge in [0, 0.05) is 26.2 Å². The maximum absolute atomic E-state index is 12.6. The summed E-state index contributed by atoms with van der Waals surface area (Å²) in [4.78, 5) is 28.0. The summed E-state index contributed by atoms with van der Waals surface area (Å²) in [7, 11) is 1.29. The Balaban J connectivity index is 1.65. The Morgan fingerprint density at radius 1 is 1.14 bits per heavy atom. The van der Waals surface area contributed by atoms with Crippen LogP contribution < -0.4 is 10.2 Å². The molecule has 1 saturated heterocycles. The van der Waals surface area contributed by atoms with Crippen LogP contribution in [0.3, 0.4) is 0 Å². The number of anilines is 2. The Labute approximate surface area is 168 Å². The lowest BCUT2D eigenvalue weighted by atomic mass is 10.1. The van der Waals surface area contributed by atoms with Gasteiger partial charge in [0.1, 0.15) is 6.07 Å². The average Bonchev–Trinajstić information content (AvgIpc) is 2.74. The number of carbonyl (C=O) groups excluding carboxylic acids is 2. The third-order valence-corrected chi connectivity index (χ3v) is 4.89. The number of hydrogen-bond donors (Lipinski definition) is 1. The van der Waals surface area contributed by atoms with Crippen LogP contribution in [0.1, 0.15) is 15.9 Å². The largest absolute Gasteiger partial charge is 0.465 e. The van der Waals surface area contributed by atoms with Crippen molar-refractivity contribution in [2.24, 2.45) is 0 Å². The summed E-state index contributed by atoms with van der Waals surface area (Å²) < 4.78 is 4.69. The second kappa shape index (κ2) is 8.63. The molecule has 1 aliphatic heterocycles. The minimum Gasteiger partial charge on any atom is -0.465 e. The number of rotatable bonds is 3. The molecule has 2 aromatic carbocycles. The van der Waals surface area contributed by atoms with Crippen LogP contribution in [0.2, 0.25) is 5.02 Å². The van der Waals surface area contributed by atoms with E-state index in [9.17, 15) is 14.9 Å². The number of para-hydroxylation sites is 1. The molecule has 0 saturated carbocycles. The fourth-order valence-electron chi connectivity index (χ4n) is 3.05. The first-order valence-corrected chi connectivity index (χ1v) is 9.09. The van der Waals surface area contributed by atoms with Crippen molar-refractivity contribution in [3.05, 3.63) is 58.6 Å². The predicted molar refractivity (Wildman–Crippen MR) is 107 cm³/mol. The molecule has 0 unspecified atom stereocenters. The van der Waals surface area contributed by atoms with Gasteiger partial charge in [0.05, 0.1) is 34.6 Å². The van der Waals surface area contributed by atoms with Crippen LogP contribution in [0, 0.1) is 11.3 Å². The molecular weight excluding hydrogens is 380 g/mol. The van der Waals surface area contributed by atoms with Crippen molar-refractivity contribution >= 4 is 35.0 Å². The highest BCUT2D eigenvalue weighted by molar-refractivity contribution is 6.33. The molecule has 0 aromatic heterocycles. The zero-order valence-corrected chi connectivity index (χ0v) is 16.1. The van der Waals surface area contributed by atoms with Gasteiger partial charge in [0.15, 0.2) is 0 Å². The van der Waals surface area contributed by atoms with Crippen LogP contribution in [0.4, 0.5) is 16.2 Å². The van der Waals surface area contributed by atoms with Crippen LogP contribution in [0.25, 0.3) is 0 Å².